The van der Waals surface area contributed by atoms with Crippen molar-refractivity contribution in [2.75, 3.05) is 7.11 Å². The Morgan fingerprint density at radius 2 is 2.00 bits per heavy atom. The largest absolute Gasteiger partial charge is 0.493 e. The van der Waals surface area contributed by atoms with Crippen LogP contribution in [0.3, 0.4) is 0 Å². The van der Waals surface area contributed by atoms with E-state index < -0.39 is 3.98 Å². The first-order chi connectivity index (χ1) is 7.46. The molecule has 0 saturated carbocycles. The van der Waals surface area contributed by atoms with Crippen LogP contribution in [0, 0.1) is 0 Å². The van der Waals surface area contributed by atoms with Crippen LogP contribution in [0.5, 0.6) is 11.5 Å². The summed E-state index contributed by atoms with van der Waals surface area (Å²) in [4.78, 5) is 0. The molecular formula is C11H11Cl3O2. The van der Waals surface area contributed by atoms with Crippen LogP contribution in [0.15, 0.2) is 30.9 Å². The Bertz CT molecular complexity index is 372. The topological polar surface area (TPSA) is 18.5 Å². The lowest BCUT2D eigenvalue weighted by Crippen LogP contribution is -2.13. The molecule has 88 valence electrons. The SMILES string of the molecule is C=CCc1ccc(OC(Cl)(Cl)Cl)c(OC)c1. The van der Waals surface area contributed by atoms with Gasteiger partial charge in [0.1, 0.15) is 0 Å². The number of halogens is 3. The first-order valence-corrected chi connectivity index (χ1v) is 5.63. The van der Waals surface area contributed by atoms with Crippen molar-refractivity contribution in [1.82, 2.24) is 0 Å². The molecule has 0 atom stereocenters. The fraction of sp³-hybridized carbons (Fsp3) is 0.273. The van der Waals surface area contributed by atoms with Gasteiger partial charge in [-0.05, 0) is 58.9 Å². The van der Waals surface area contributed by atoms with Gasteiger partial charge in [0, 0.05) is 0 Å². The quantitative estimate of drug-likeness (QED) is 0.610. The van der Waals surface area contributed by atoms with Gasteiger partial charge in [0.05, 0.1) is 7.11 Å². The summed E-state index contributed by atoms with van der Waals surface area (Å²) in [6, 6.07) is 5.36. The lowest BCUT2D eigenvalue weighted by Gasteiger charge is -2.16. The van der Waals surface area contributed by atoms with Gasteiger partial charge in [0.25, 0.3) is 0 Å². The van der Waals surface area contributed by atoms with Gasteiger partial charge in [-0.1, -0.05) is 12.1 Å². The minimum atomic E-state index is -1.80. The molecule has 0 amide bonds. The standard InChI is InChI=1S/C11H11Cl3O2/c1-3-4-8-5-6-9(10(7-8)15-2)16-11(12,13)14/h3,5-7H,1,4H2,2H3. The van der Waals surface area contributed by atoms with Gasteiger partial charge < -0.3 is 9.47 Å². The summed E-state index contributed by atoms with van der Waals surface area (Å²) < 4.78 is 8.45. The van der Waals surface area contributed by atoms with Crippen LogP contribution in [0.2, 0.25) is 0 Å². The zero-order chi connectivity index (χ0) is 12.2. The van der Waals surface area contributed by atoms with Gasteiger partial charge in [-0.2, -0.15) is 0 Å². The monoisotopic (exact) mass is 280 g/mol. The summed E-state index contributed by atoms with van der Waals surface area (Å²) in [7, 11) is 1.53. The van der Waals surface area contributed by atoms with Crippen LogP contribution in [0.25, 0.3) is 0 Å². The zero-order valence-electron chi connectivity index (χ0n) is 8.67. The molecule has 5 heteroatoms. The number of hydrogen-bond donors (Lipinski definition) is 0. The van der Waals surface area contributed by atoms with Crippen LogP contribution >= 0.6 is 34.8 Å². The Kier molecular flexibility index (Phi) is 4.78. The van der Waals surface area contributed by atoms with Crippen molar-refractivity contribution >= 4 is 34.8 Å². The van der Waals surface area contributed by atoms with Crippen LogP contribution < -0.4 is 9.47 Å². The van der Waals surface area contributed by atoms with E-state index in [1.807, 2.05) is 12.1 Å². The Morgan fingerprint density at radius 3 is 2.50 bits per heavy atom. The summed E-state index contributed by atoms with van der Waals surface area (Å²) in [5.41, 5.74) is 1.04. The molecule has 0 bridgehead atoms. The van der Waals surface area contributed by atoms with E-state index in [1.54, 1.807) is 12.1 Å². The second kappa shape index (κ2) is 5.67. The smallest absolute Gasteiger partial charge is 0.338 e. The molecule has 0 N–H and O–H groups in total. The van der Waals surface area contributed by atoms with Crippen molar-refractivity contribution in [2.24, 2.45) is 0 Å². The number of alkyl halides is 3. The van der Waals surface area contributed by atoms with E-state index in [9.17, 15) is 0 Å². The van der Waals surface area contributed by atoms with Crippen molar-refractivity contribution in [2.45, 2.75) is 10.4 Å². The molecule has 0 heterocycles. The van der Waals surface area contributed by atoms with Crippen molar-refractivity contribution < 1.29 is 9.47 Å². The van der Waals surface area contributed by atoms with E-state index in [1.165, 1.54) is 7.11 Å². The van der Waals surface area contributed by atoms with Crippen LogP contribution in [-0.4, -0.2) is 11.1 Å². The average molecular weight is 282 g/mol. The summed E-state index contributed by atoms with van der Waals surface area (Å²) in [6.07, 6.45) is 2.54. The molecule has 1 rings (SSSR count). The minimum Gasteiger partial charge on any atom is -0.493 e. The summed E-state index contributed by atoms with van der Waals surface area (Å²) in [5, 5.41) is 0. The highest BCUT2D eigenvalue weighted by Gasteiger charge is 2.23. The Hall–Kier alpha value is -0.570. The molecule has 0 aliphatic rings. The molecule has 0 radical (unpaired) electrons. The average Bonchev–Trinajstić information content (AvgIpc) is 2.18. The Balaban J connectivity index is 2.97. The molecule has 0 spiro atoms. The van der Waals surface area contributed by atoms with E-state index in [4.69, 9.17) is 44.3 Å². The van der Waals surface area contributed by atoms with E-state index in [-0.39, 0.29) is 0 Å². The van der Waals surface area contributed by atoms with E-state index in [0.717, 1.165) is 12.0 Å². The van der Waals surface area contributed by atoms with Gasteiger partial charge >= 0.3 is 3.98 Å². The Morgan fingerprint density at radius 1 is 1.31 bits per heavy atom. The second-order valence-electron chi connectivity index (χ2n) is 3.03. The van der Waals surface area contributed by atoms with Crippen molar-refractivity contribution in [1.29, 1.82) is 0 Å². The van der Waals surface area contributed by atoms with Crippen molar-refractivity contribution in [3.05, 3.63) is 36.4 Å². The maximum Gasteiger partial charge on any atom is 0.338 e. The minimum absolute atomic E-state index is 0.385. The molecule has 2 nitrogen and oxygen atoms in total. The van der Waals surface area contributed by atoms with Gasteiger partial charge in [0.2, 0.25) is 0 Å². The van der Waals surface area contributed by atoms with Crippen molar-refractivity contribution in [3.63, 3.8) is 0 Å². The van der Waals surface area contributed by atoms with Gasteiger partial charge in [-0.15, -0.1) is 6.58 Å². The number of ether oxygens (including phenoxy) is 2. The van der Waals surface area contributed by atoms with Crippen molar-refractivity contribution in [3.8, 4) is 11.5 Å². The predicted molar refractivity (Wildman–Crippen MR) is 67.8 cm³/mol. The lowest BCUT2D eigenvalue weighted by atomic mass is 10.1. The fourth-order valence-electron chi connectivity index (χ4n) is 1.21. The van der Waals surface area contributed by atoms with Gasteiger partial charge in [-0.3, -0.25) is 0 Å². The molecule has 0 unspecified atom stereocenters. The van der Waals surface area contributed by atoms with Crippen LogP contribution in [0.4, 0.5) is 0 Å². The normalized spacial score (nSPS) is 11.0. The number of allylic oxidation sites excluding steroid dienone is 1. The molecule has 0 aromatic heterocycles. The Labute approximate surface area is 110 Å². The number of methoxy groups -OCH3 is 1. The molecule has 1 aromatic carbocycles. The highest BCUT2D eigenvalue weighted by Crippen LogP contribution is 2.36. The molecular weight excluding hydrogens is 270 g/mol. The summed E-state index contributed by atoms with van der Waals surface area (Å²) in [6.45, 7) is 3.66. The van der Waals surface area contributed by atoms with Crippen LogP contribution in [0.1, 0.15) is 5.56 Å². The number of benzene rings is 1. The van der Waals surface area contributed by atoms with Crippen LogP contribution in [-0.2, 0) is 6.42 Å². The zero-order valence-corrected chi connectivity index (χ0v) is 10.9. The third-order valence-corrected chi connectivity index (χ3v) is 2.07. The molecule has 0 aliphatic heterocycles. The van der Waals surface area contributed by atoms with E-state index in [0.29, 0.717) is 11.5 Å². The first kappa shape index (κ1) is 13.5. The maximum absolute atomic E-state index is 5.53. The lowest BCUT2D eigenvalue weighted by molar-refractivity contribution is 0.295. The third kappa shape index (κ3) is 4.12. The number of hydrogen-bond acceptors (Lipinski definition) is 2. The fourth-order valence-corrected chi connectivity index (χ4v) is 1.46. The third-order valence-electron chi connectivity index (χ3n) is 1.83. The maximum atomic E-state index is 5.53. The first-order valence-electron chi connectivity index (χ1n) is 4.50. The van der Waals surface area contributed by atoms with E-state index in [2.05, 4.69) is 6.58 Å². The molecule has 1 aromatic rings. The predicted octanol–water partition coefficient (Wildman–Crippen LogP) is 4.13. The van der Waals surface area contributed by atoms with Gasteiger partial charge in [0.15, 0.2) is 11.5 Å². The second-order valence-corrected chi connectivity index (χ2v) is 5.20. The highest BCUT2D eigenvalue weighted by molar-refractivity contribution is 6.66. The van der Waals surface area contributed by atoms with E-state index >= 15 is 0 Å². The molecule has 0 fully saturated rings. The molecule has 16 heavy (non-hydrogen) atoms. The molecule has 0 saturated heterocycles. The van der Waals surface area contributed by atoms with Gasteiger partial charge in [-0.25, -0.2) is 0 Å². The highest BCUT2D eigenvalue weighted by atomic mass is 35.6. The molecule has 0 aliphatic carbocycles. The summed E-state index contributed by atoms with van der Waals surface area (Å²) in [5.74, 6) is 0.904. The number of rotatable bonds is 4. The summed E-state index contributed by atoms with van der Waals surface area (Å²) >= 11 is 16.6.